The molecule has 0 radical (unpaired) electrons. The lowest BCUT2D eigenvalue weighted by Crippen LogP contribution is -2.37. The third-order valence-electron chi connectivity index (χ3n) is 5.76. The summed E-state index contributed by atoms with van der Waals surface area (Å²) in [6.45, 7) is 4.11. The van der Waals surface area contributed by atoms with Crippen LogP contribution in [0.2, 0.25) is 0 Å². The maximum Gasteiger partial charge on any atom is 0.220 e. The first-order chi connectivity index (χ1) is 14.0. The van der Waals surface area contributed by atoms with Crippen molar-refractivity contribution >= 4 is 5.91 Å². The highest BCUT2D eigenvalue weighted by Gasteiger charge is 2.19. The third-order valence-corrected chi connectivity index (χ3v) is 5.76. The van der Waals surface area contributed by atoms with Crippen LogP contribution in [0.1, 0.15) is 63.9 Å². The van der Waals surface area contributed by atoms with Gasteiger partial charge < -0.3 is 19.7 Å². The lowest BCUT2D eigenvalue weighted by Gasteiger charge is -2.26. The van der Waals surface area contributed by atoms with Crippen LogP contribution in [0.25, 0.3) is 0 Å². The van der Waals surface area contributed by atoms with Crippen molar-refractivity contribution in [1.82, 2.24) is 10.2 Å². The van der Waals surface area contributed by atoms with Gasteiger partial charge in [0.25, 0.3) is 0 Å². The Morgan fingerprint density at radius 1 is 1.10 bits per heavy atom. The van der Waals surface area contributed by atoms with Crippen molar-refractivity contribution in [3.05, 3.63) is 23.8 Å². The van der Waals surface area contributed by atoms with Gasteiger partial charge in [0.1, 0.15) is 0 Å². The average molecular weight is 405 g/mol. The minimum absolute atomic E-state index is 0.154. The molecule has 1 aliphatic rings. The maximum absolute atomic E-state index is 12.3. The highest BCUT2D eigenvalue weighted by atomic mass is 16.5. The number of hydrogen-bond donors (Lipinski definition) is 1. The van der Waals surface area contributed by atoms with Gasteiger partial charge in [0.15, 0.2) is 11.5 Å². The van der Waals surface area contributed by atoms with Crippen LogP contribution in [0, 0.1) is 5.92 Å². The second kappa shape index (κ2) is 12.7. The molecule has 0 saturated heterocycles. The summed E-state index contributed by atoms with van der Waals surface area (Å²) in [5.74, 6) is 2.48. The van der Waals surface area contributed by atoms with Crippen molar-refractivity contribution < 1.29 is 14.3 Å². The summed E-state index contributed by atoms with van der Waals surface area (Å²) in [4.78, 5) is 14.5. The van der Waals surface area contributed by atoms with Gasteiger partial charge in [0, 0.05) is 12.5 Å². The Morgan fingerprint density at radius 3 is 2.55 bits per heavy atom. The molecule has 5 heteroatoms. The number of methoxy groups -OCH3 is 1. The molecule has 0 unspecified atom stereocenters. The highest BCUT2D eigenvalue weighted by molar-refractivity contribution is 5.76. The second-order valence-electron chi connectivity index (χ2n) is 8.72. The van der Waals surface area contributed by atoms with Crippen molar-refractivity contribution in [2.45, 2.75) is 70.8 Å². The third kappa shape index (κ3) is 9.07. The van der Waals surface area contributed by atoms with Gasteiger partial charge in [0.05, 0.1) is 13.7 Å². The Labute approximate surface area is 177 Å². The monoisotopic (exact) mass is 404 g/mol. The summed E-state index contributed by atoms with van der Waals surface area (Å²) in [5, 5.41) is 3.20. The zero-order valence-corrected chi connectivity index (χ0v) is 18.8. The minimum Gasteiger partial charge on any atom is -0.493 e. The number of nitrogens with one attached hydrogen (secondary N) is 1. The number of ether oxygens (including phenoxy) is 2. The smallest absolute Gasteiger partial charge is 0.220 e. The molecule has 1 fully saturated rings. The van der Waals surface area contributed by atoms with E-state index in [2.05, 4.69) is 31.2 Å². The topological polar surface area (TPSA) is 50.8 Å². The van der Waals surface area contributed by atoms with Crippen LogP contribution in [0.15, 0.2) is 18.2 Å². The predicted octanol–water partition coefficient (Wildman–Crippen LogP) is 4.43. The molecule has 1 aromatic carbocycles. The van der Waals surface area contributed by atoms with Crippen molar-refractivity contribution in [2.75, 3.05) is 34.4 Å². The van der Waals surface area contributed by atoms with Gasteiger partial charge >= 0.3 is 0 Å². The number of aryl methyl sites for hydroxylation is 1. The van der Waals surface area contributed by atoms with Crippen LogP contribution >= 0.6 is 0 Å². The van der Waals surface area contributed by atoms with Crippen LogP contribution < -0.4 is 14.8 Å². The number of carbonyl (C=O) groups excluding carboxylic acids is 1. The normalized spacial score (nSPS) is 19.2. The number of benzene rings is 1. The van der Waals surface area contributed by atoms with Gasteiger partial charge in [-0.2, -0.15) is 0 Å². The molecule has 0 atom stereocenters. The van der Waals surface area contributed by atoms with Crippen LogP contribution in [-0.2, 0) is 11.2 Å². The number of hydrogen-bond acceptors (Lipinski definition) is 4. The Balaban J connectivity index is 1.72. The Hall–Kier alpha value is -1.75. The van der Waals surface area contributed by atoms with Crippen LogP contribution in [0.4, 0.5) is 0 Å². The summed E-state index contributed by atoms with van der Waals surface area (Å²) in [7, 11) is 5.87. The van der Waals surface area contributed by atoms with Crippen LogP contribution in [-0.4, -0.2) is 51.2 Å². The molecule has 1 amide bonds. The first kappa shape index (κ1) is 23.5. The fourth-order valence-corrected chi connectivity index (χ4v) is 3.84. The molecule has 2 rings (SSSR count). The van der Waals surface area contributed by atoms with Crippen LogP contribution in [0.3, 0.4) is 0 Å². The van der Waals surface area contributed by atoms with Crippen molar-refractivity contribution in [2.24, 2.45) is 5.92 Å². The molecule has 0 heterocycles. The number of unbranched alkanes of at least 4 members (excludes halogenated alkanes) is 2. The number of rotatable bonds is 12. The van der Waals surface area contributed by atoms with Gasteiger partial charge in [-0.3, -0.25) is 4.79 Å². The Bertz CT molecular complexity index is 610. The van der Waals surface area contributed by atoms with Gasteiger partial charge in [-0.1, -0.05) is 13.0 Å². The first-order valence-electron chi connectivity index (χ1n) is 11.2. The average Bonchev–Trinajstić information content (AvgIpc) is 2.71. The van der Waals surface area contributed by atoms with E-state index in [1.54, 1.807) is 7.11 Å². The van der Waals surface area contributed by atoms with Gasteiger partial charge in [-0.05, 0) is 95.6 Å². The second-order valence-corrected chi connectivity index (χ2v) is 8.72. The van der Waals surface area contributed by atoms with Gasteiger partial charge in [0.2, 0.25) is 5.91 Å². The zero-order valence-electron chi connectivity index (χ0n) is 18.8. The molecule has 0 aliphatic heterocycles. The van der Waals surface area contributed by atoms with Crippen molar-refractivity contribution in [3.63, 3.8) is 0 Å². The molecule has 1 saturated carbocycles. The largest absolute Gasteiger partial charge is 0.493 e. The van der Waals surface area contributed by atoms with Crippen molar-refractivity contribution in [3.8, 4) is 11.5 Å². The minimum atomic E-state index is 0.154. The molecule has 29 heavy (non-hydrogen) atoms. The Morgan fingerprint density at radius 2 is 1.86 bits per heavy atom. The molecule has 1 aliphatic carbocycles. The standard InChI is InChI=1S/C24H40N2O3/c1-19-8-12-21(13-9-19)25-24(27)15-11-20-10-14-22(23(18-20)28-4)29-17-7-5-6-16-26(2)3/h10,14,18-19,21H,5-9,11-13,15-17H2,1-4H3,(H,25,27). The van der Waals surface area contributed by atoms with Crippen LogP contribution in [0.5, 0.6) is 11.5 Å². The summed E-state index contributed by atoms with van der Waals surface area (Å²) < 4.78 is 11.4. The first-order valence-corrected chi connectivity index (χ1v) is 11.2. The molecular weight excluding hydrogens is 364 g/mol. The number of nitrogens with zero attached hydrogens (tertiary/aromatic N) is 1. The fourth-order valence-electron chi connectivity index (χ4n) is 3.84. The van der Waals surface area contributed by atoms with E-state index in [-0.39, 0.29) is 5.91 Å². The summed E-state index contributed by atoms with van der Waals surface area (Å²) >= 11 is 0. The summed E-state index contributed by atoms with van der Waals surface area (Å²) in [6.07, 6.45) is 9.29. The zero-order chi connectivity index (χ0) is 21.1. The number of amides is 1. The van der Waals surface area contributed by atoms with E-state index < -0.39 is 0 Å². The molecule has 5 nitrogen and oxygen atoms in total. The van der Waals surface area contributed by atoms with E-state index in [1.165, 1.54) is 19.3 Å². The predicted molar refractivity (Wildman–Crippen MR) is 119 cm³/mol. The van der Waals surface area contributed by atoms with E-state index in [1.807, 2.05) is 18.2 Å². The fraction of sp³-hybridized carbons (Fsp3) is 0.708. The summed E-state index contributed by atoms with van der Waals surface area (Å²) in [6, 6.07) is 6.37. The molecule has 1 N–H and O–H groups in total. The molecule has 0 bridgehead atoms. The Kier molecular flexibility index (Phi) is 10.3. The van der Waals surface area contributed by atoms with E-state index in [9.17, 15) is 4.79 Å². The maximum atomic E-state index is 12.3. The molecule has 0 spiro atoms. The van der Waals surface area contributed by atoms with Crippen molar-refractivity contribution in [1.29, 1.82) is 0 Å². The van der Waals surface area contributed by atoms with Gasteiger partial charge in [-0.15, -0.1) is 0 Å². The SMILES string of the molecule is COc1cc(CCC(=O)NC2CCC(C)CC2)ccc1OCCCCCN(C)C. The van der Waals surface area contributed by atoms with Gasteiger partial charge in [-0.25, -0.2) is 0 Å². The number of carbonyl (C=O) groups is 1. The molecular formula is C24H40N2O3. The molecule has 0 aromatic heterocycles. The highest BCUT2D eigenvalue weighted by Crippen LogP contribution is 2.29. The lowest BCUT2D eigenvalue weighted by atomic mass is 9.87. The van der Waals surface area contributed by atoms with E-state index in [4.69, 9.17) is 9.47 Å². The lowest BCUT2D eigenvalue weighted by molar-refractivity contribution is -0.122. The van der Waals surface area contributed by atoms with E-state index in [0.717, 1.165) is 61.6 Å². The summed E-state index contributed by atoms with van der Waals surface area (Å²) in [5.41, 5.74) is 1.10. The molecule has 164 valence electrons. The van der Waals surface area contributed by atoms with E-state index in [0.29, 0.717) is 19.1 Å². The molecule has 1 aromatic rings. The van der Waals surface area contributed by atoms with E-state index >= 15 is 0 Å². The quantitative estimate of drug-likeness (QED) is 0.524.